The molecule has 0 saturated carbocycles. The normalized spacial score (nSPS) is 23.5. The van der Waals surface area contributed by atoms with Crippen LogP contribution in [0.1, 0.15) is 6.42 Å². The topological polar surface area (TPSA) is 84.4 Å². The Morgan fingerprint density at radius 1 is 1.33 bits per heavy atom. The Morgan fingerprint density at radius 2 is 2.19 bits per heavy atom. The van der Waals surface area contributed by atoms with Gasteiger partial charge < -0.3 is 15.4 Å². The van der Waals surface area contributed by atoms with E-state index in [0.717, 1.165) is 30.5 Å². The predicted octanol–water partition coefficient (Wildman–Crippen LogP) is -0.210. The Kier molecular flexibility index (Phi) is 4.01. The first-order chi connectivity index (χ1) is 10.1. The Balaban J connectivity index is 1.76. The van der Waals surface area contributed by atoms with Gasteiger partial charge in [-0.15, -0.1) is 0 Å². The number of hydrogen-bond donors (Lipinski definition) is 2. The molecule has 3 rings (SSSR count). The molecule has 3 heterocycles. The van der Waals surface area contributed by atoms with E-state index in [2.05, 4.69) is 9.88 Å². The molecule has 0 aliphatic carbocycles. The average Bonchev–Trinajstić information content (AvgIpc) is 2.50. The molecule has 2 aromatic rings. The first kappa shape index (κ1) is 14.2. The maximum absolute atomic E-state index is 12.1. The van der Waals surface area contributed by atoms with E-state index in [9.17, 15) is 9.90 Å². The number of rotatable bonds is 3. The summed E-state index contributed by atoms with van der Waals surface area (Å²) in [5.74, 6) is 0. The predicted molar refractivity (Wildman–Crippen MR) is 81.0 cm³/mol. The minimum absolute atomic E-state index is 0.0234. The lowest BCUT2D eigenvalue weighted by Crippen LogP contribution is -2.51. The van der Waals surface area contributed by atoms with E-state index in [1.807, 2.05) is 12.1 Å². The van der Waals surface area contributed by atoms with Crippen molar-refractivity contribution in [1.82, 2.24) is 14.5 Å². The number of nitrogens with zero attached hydrogens (tertiary/aromatic N) is 3. The van der Waals surface area contributed by atoms with Crippen LogP contribution in [0.4, 0.5) is 0 Å². The molecule has 2 aromatic heterocycles. The van der Waals surface area contributed by atoms with Gasteiger partial charge in [0, 0.05) is 37.9 Å². The van der Waals surface area contributed by atoms with Gasteiger partial charge in [-0.05, 0) is 31.2 Å². The molecule has 0 spiro atoms. The van der Waals surface area contributed by atoms with Crippen molar-refractivity contribution in [2.75, 3.05) is 19.6 Å². The van der Waals surface area contributed by atoms with E-state index < -0.39 is 6.10 Å². The van der Waals surface area contributed by atoms with E-state index in [4.69, 9.17) is 5.73 Å². The Hall–Kier alpha value is -1.76. The van der Waals surface area contributed by atoms with Crippen molar-refractivity contribution in [3.05, 3.63) is 40.8 Å². The standard InChI is InChI=1S/C15H20N4O2/c16-11-5-7-18(10-14(11)20)8-9-19-13-2-1-6-17-12(13)3-4-15(19)21/h1-4,6,11,14,20H,5,7-10,16H2/t11-,14+/m0/s1. The van der Waals surface area contributed by atoms with Crippen molar-refractivity contribution >= 4 is 11.0 Å². The van der Waals surface area contributed by atoms with E-state index in [1.54, 1.807) is 22.9 Å². The number of aliphatic hydroxyl groups excluding tert-OH is 1. The lowest BCUT2D eigenvalue weighted by molar-refractivity contribution is 0.0520. The van der Waals surface area contributed by atoms with Crippen molar-refractivity contribution in [3.8, 4) is 0 Å². The highest BCUT2D eigenvalue weighted by Crippen LogP contribution is 2.11. The average molecular weight is 288 g/mol. The number of β-amino-alcohol motifs (C(OH)–C–C–N with tert-alkyl or cyclic N) is 1. The van der Waals surface area contributed by atoms with Crippen LogP contribution in [-0.2, 0) is 6.54 Å². The van der Waals surface area contributed by atoms with Gasteiger partial charge >= 0.3 is 0 Å². The second-order valence-electron chi connectivity index (χ2n) is 5.55. The van der Waals surface area contributed by atoms with Gasteiger partial charge in [-0.25, -0.2) is 0 Å². The lowest BCUT2D eigenvalue weighted by atomic mass is 10.0. The van der Waals surface area contributed by atoms with Crippen molar-refractivity contribution in [2.24, 2.45) is 5.73 Å². The highest BCUT2D eigenvalue weighted by molar-refractivity contribution is 5.73. The number of pyridine rings is 2. The van der Waals surface area contributed by atoms with Crippen LogP contribution in [0.25, 0.3) is 11.0 Å². The molecule has 1 fully saturated rings. The highest BCUT2D eigenvalue weighted by atomic mass is 16.3. The number of aromatic nitrogens is 2. The zero-order valence-electron chi connectivity index (χ0n) is 11.9. The van der Waals surface area contributed by atoms with Gasteiger partial charge in [0.25, 0.3) is 5.56 Å². The Bertz CT molecular complexity index is 685. The van der Waals surface area contributed by atoms with Crippen LogP contribution in [0.2, 0.25) is 0 Å². The Morgan fingerprint density at radius 3 is 3.00 bits per heavy atom. The smallest absolute Gasteiger partial charge is 0.251 e. The number of fused-ring (bicyclic) bond motifs is 1. The van der Waals surface area contributed by atoms with Crippen molar-refractivity contribution in [2.45, 2.75) is 25.1 Å². The lowest BCUT2D eigenvalue weighted by Gasteiger charge is -2.34. The summed E-state index contributed by atoms with van der Waals surface area (Å²) in [6, 6.07) is 6.91. The summed E-state index contributed by atoms with van der Waals surface area (Å²) in [5.41, 5.74) is 7.45. The highest BCUT2D eigenvalue weighted by Gasteiger charge is 2.24. The number of aliphatic hydroxyl groups is 1. The zero-order valence-corrected chi connectivity index (χ0v) is 11.9. The summed E-state index contributed by atoms with van der Waals surface area (Å²) >= 11 is 0. The summed E-state index contributed by atoms with van der Waals surface area (Å²) < 4.78 is 1.74. The van der Waals surface area contributed by atoms with Gasteiger partial charge in [-0.1, -0.05) is 0 Å². The minimum Gasteiger partial charge on any atom is -0.390 e. The van der Waals surface area contributed by atoms with Gasteiger partial charge in [0.05, 0.1) is 17.1 Å². The van der Waals surface area contributed by atoms with Crippen LogP contribution in [-0.4, -0.2) is 51.3 Å². The third-order valence-electron chi connectivity index (χ3n) is 4.11. The fourth-order valence-electron chi connectivity index (χ4n) is 2.82. The van der Waals surface area contributed by atoms with Gasteiger partial charge in [-0.3, -0.25) is 14.7 Å². The molecule has 0 aromatic carbocycles. The quantitative estimate of drug-likeness (QED) is 0.816. The summed E-state index contributed by atoms with van der Waals surface area (Å²) in [6.45, 7) is 2.73. The molecule has 2 atom stereocenters. The van der Waals surface area contributed by atoms with Crippen LogP contribution in [0.3, 0.4) is 0 Å². The van der Waals surface area contributed by atoms with Gasteiger partial charge in [0.15, 0.2) is 0 Å². The van der Waals surface area contributed by atoms with Crippen molar-refractivity contribution < 1.29 is 5.11 Å². The van der Waals surface area contributed by atoms with Crippen molar-refractivity contribution in [1.29, 1.82) is 0 Å². The van der Waals surface area contributed by atoms with E-state index >= 15 is 0 Å². The van der Waals surface area contributed by atoms with Gasteiger partial charge in [0.1, 0.15) is 0 Å². The summed E-state index contributed by atoms with van der Waals surface area (Å²) in [5, 5.41) is 9.83. The molecule has 6 nitrogen and oxygen atoms in total. The largest absolute Gasteiger partial charge is 0.390 e. The van der Waals surface area contributed by atoms with Crippen LogP contribution in [0.15, 0.2) is 35.3 Å². The summed E-state index contributed by atoms with van der Waals surface area (Å²) in [6.07, 6.45) is 2.02. The molecule has 1 aliphatic rings. The summed E-state index contributed by atoms with van der Waals surface area (Å²) in [4.78, 5) is 18.5. The van der Waals surface area contributed by atoms with Crippen molar-refractivity contribution in [3.63, 3.8) is 0 Å². The van der Waals surface area contributed by atoms with Crippen LogP contribution >= 0.6 is 0 Å². The molecule has 1 aliphatic heterocycles. The third-order valence-corrected chi connectivity index (χ3v) is 4.11. The van der Waals surface area contributed by atoms with E-state index in [0.29, 0.717) is 13.1 Å². The van der Waals surface area contributed by atoms with E-state index in [1.165, 1.54) is 0 Å². The number of nitrogens with two attached hydrogens (primary N) is 1. The number of likely N-dealkylation sites (tertiary alicyclic amines) is 1. The molecule has 112 valence electrons. The molecular formula is C15H20N4O2. The molecule has 0 radical (unpaired) electrons. The molecule has 0 amide bonds. The zero-order chi connectivity index (χ0) is 14.8. The molecule has 0 bridgehead atoms. The number of piperidine rings is 1. The van der Waals surface area contributed by atoms with Gasteiger partial charge in [0.2, 0.25) is 0 Å². The molecule has 0 unspecified atom stereocenters. The molecular weight excluding hydrogens is 268 g/mol. The second-order valence-corrected chi connectivity index (χ2v) is 5.55. The number of hydrogen-bond acceptors (Lipinski definition) is 5. The SMILES string of the molecule is N[C@H]1CCN(CCn2c(=O)ccc3ncccc32)C[C@H]1O. The van der Waals surface area contributed by atoms with Crippen LogP contribution < -0.4 is 11.3 Å². The van der Waals surface area contributed by atoms with Crippen LogP contribution in [0.5, 0.6) is 0 Å². The molecule has 3 N–H and O–H groups in total. The first-order valence-electron chi connectivity index (χ1n) is 7.26. The molecule has 21 heavy (non-hydrogen) atoms. The van der Waals surface area contributed by atoms with Gasteiger partial charge in [-0.2, -0.15) is 0 Å². The Labute approximate surface area is 122 Å². The van der Waals surface area contributed by atoms with E-state index in [-0.39, 0.29) is 11.6 Å². The summed E-state index contributed by atoms with van der Waals surface area (Å²) in [7, 11) is 0. The second kappa shape index (κ2) is 5.93. The fraction of sp³-hybridized carbons (Fsp3) is 0.467. The fourth-order valence-corrected chi connectivity index (χ4v) is 2.82. The maximum Gasteiger partial charge on any atom is 0.251 e. The maximum atomic E-state index is 12.1. The monoisotopic (exact) mass is 288 g/mol. The first-order valence-corrected chi connectivity index (χ1v) is 7.26. The molecule has 6 heteroatoms. The minimum atomic E-state index is -0.482. The third kappa shape index (κ3) is 2.97. The molecule has 1 saturated heterocycles. The van der Waals surface area contributed by atoms with Crippen LogP contribution in [0, 0.1) is 0 Å².